The van der Waals surface area contributed by atoms with Crippen molar-refractivity contribution in [2.75, 3.05) is 7.11 Å². The van der Waals surface area contributed by atoms with Crippen molar-refractivity contribution < 1.29 is 35.3 Å². The van der Waals surface area contributed by atoms with Gasteiger partial charge in [-0.05, 0) is 13.8 Å². The second-order valence-corrected chi connectivity index (χ2v) is 8.02. The van der Waals surface area contributed by atoms with Crippen LogP contribution in [0, 0.1) is 0 Å². The molecule has 0 saturated carbocycles. The van der Waals surface area contributed by atoms with Crippen LogP contribution >= 0.6 is 0 Å². The van der Waals surface area contributed by atoms with Crippen molar-refractivity contribution in [2.45, 2.75) is 29.9 Å². The van der Waals surface area contributed by atoms with E-state index in [-0.39, 0.29) is 0 Å². The Hall–Kier alpha value is -0.740. The molecule has 7 nitrogen and oxygen atoms in total. The van der Waals surface area contributed by atoms with Crippen molar-refractivity contribution in [1.29, 1.82) is 0 Å². The molecule has 0 aromatic carbocycles. The third-order valence-electron chi connectivity index (χ3n) is 2.01. The first kappa shape index (κ1) is 16.3. The van der Waals surface area contributed by atoms with Gasteiger partial charge in [-0.25, -0.2) is 12.8 Å². The number of hydrogen-bond acceptors (Lipinski definition) is 6. The van der Waals surface area contributed by atoms with Crippen LogP contribution in [0.3, 0.4) is 0 Å². The fourth-order valence-electron chi connectivity index (χ4n) is 0.935. The van der Waals surface area contributed by atoms with Crippen LogP contribution in [-0.2, 0) is 29.5 Å². The molecule has 1 unspecified atom stereocenters. The lowest BCUT2D eigenvalue weighted by Gasteiger charge is -2.23. The molecule has 0 aliphatic heterocycles. The zero-order valence-corrected chi connectivity index (χ0v) is 11.0. The standard InChI is InChI=1S/C7H13FO7S2/c1-5(2)16(10,11)7(8,17(12,13)14)4-6(9)15-3/h5H,4H2,1-3H3,(H,12,13,14). The molecule has 1 N–H and O–H groups in total. The molecule has 0 amide bonds. The van der Waals surface area contributed by atoms with Crippen LogP contribution in [-0.4, -0.2) is 44.1 Å². The summed E-state index contributed by atoms with van der Waals surface area (Å²) in [5.74, 6) is -1.41. The number of carbonyl (C=O) groups excluding carboxylic acids is 1. The molecule has 0 rings (SSSR count). The molecule has 0 spiro atoms. The lowest BCUT2D eigenvalue weighted by atomic mass is 10.5. The Morgan fingerprint density at radius 2 is 1.76 bits per heavy atom. The number of hydrogen-bond donors (Lipinski definition) is 1. The minimum absolute atomic E-state index is 0.828. The van der Waals surface area contributed by atoms with Gasteiger partial charge in [0.25, 0.3) is 0 Å². The molecule has 10 heteroatoms. The predicted octanol–water partition coefficient (Wildman–Crippen LogP) is -0.116. The average Bonchev–Trinajstić information content (AvgIpc) is 2.15. The van der Waals surface area contributed by atoms with E-state index in [4.69, 9.17) is 4.55 Å². The summed E-state index contributed by atoms with van der Waals surface area (Å²) in [5, 5.41) is -1.43. The molecule has 1 atom stereocenters. The monoisotopic (exact) mass is 292 g/mol. The van der Waals surface area contributed by atoms with E-state index in [1.165, 1.54) is 0 Å². The topological polar surface area (TPSA) is 115 Å². The molecule has 0 saturated heterocycles. The van der Waals surface area contributed by atoms with Gasteiger partial charge in [0.15, 0.2) is 0 Å². The lowest BCUT2D eigenvalue weighted by Crippen LogP contribution is -2.47. The first-order valence-electron chi connectivity index (χ1n) is 4.36. The second-order valence-electron chi connectivity index (χ2n) is 3.48. The van der Waals surface area contributed by atoms with E-state index in [0.717, 1.165) is 21.0 Å². The Bertz CT molecular complexity index is 492. The van der Waals surface area contributed by atoms with Crippen LogP contribution in [0.1, 0.15) is 20.3 Å². The van der Waals surface area contributed by atoms with Crippen molar-refractivity contribution in [3.8, 4) is 0 Å². The van der Waals surface area contributed by atoms with E-state index in [9.17, 15) is 26.0 Å². The number of halogens is 1. The first-order chi connectivity index (χ1) is 7.40. The summed E-state index contributed by atoms with van der Waals surface area (Å²) in [6, 6.07) is 0. The average molecular weight is 292 g/mol. The minimum atomic E-state index is -5.63. The minimum Gasteiger partial charge on any atom is -0.469 e. The number of rotatable bonds is 5. The molecule has 0 aromatic heterocycles. The first-order valence-corrected chi connectivity index (χ1v) is 7.35. The van der Waals surface area contributed by atoms with Crippen LogP contribution in [0.2, 0.25) is 0 Å². The summed E-state index contributed by atoms with van der Waals surface area (Å²) >= 11 is 0. The zero-order chi connectivity index (χ0) is 14.1. The second kappa shape index (κ2) is 4.86. The summed E-state index contributed by atoms with van der Waals surface area (Å²) in [4.78, 5) is 10.8. The van der Waals surface area contributed by atoms with Gasteiger partial charge in [0.2, 0.25) is 9.84 Å². The summed E-state index contributed by atoms with van der Waals surface area (Å²) in [6.07, 6.45) is -1.62. The van der Waals surface area contributed by atoms with Gasteiger partial charge >= 0.3 is 20.4 Å². The lowest BCUT2D eigenvalue weighted by molar-refractivity contribution is -0.141. The van der Waals surface area contributed by atoms with Crippen molar-refractivity contribution in [3.63, 3.8) is 0 Å². The third kappa shape index (κ3) is 2.93. The molecule has 102 valence electrons. The molecule has 0 bridgehead atoms. The van der Waals surface area contributed by atoms with E-state index in [0.29, 0.717) is 0 Å². The van der Waals surface area contributed by atoms with Crippen molar-refractivity contribution >= 4 is 25.9 Å². The Morgan fingerprint density at radius 1 is 1.35 bits per heavy atom. The summed E-state index contributed by atoms with van der Waals surface area (Å²) in [7, 11) is -9.71. The highest BCUT2D eigenvalue weighted by Gasteiger charge is 2.58. The van der Waals surface area contributed by atoms with E-state index in [1.54, 1.807) is 0 Å². The van der Waals surface area contributed by atoms with E-state index in [1.807, 2.05) is 0 Å². The number of ether oxygens (including phenoxy) is 1. The number of carbonyl (C=O) groups is 1. The highest BCUT2D eigenvalue weighted by molar-refractivity contribution is 8.08. The molecule has 0 aliphatic rings. The molecule has 0 radical (unpaired) electrons. The number of sulfone groups is 1. The molecule has 0 aromatic rings. The number of esters is 1. The fraction of sp³-hybridized carbons (Fsp3) is 0.857. The summed E-state index contributed by atoms with van der Waals surface area (Å²) in [5.41, 5.74) is 0. The summed E-state index contributed by atoms with van der Waals surface area (Å²) in [6.45, 7) is 2.04. The van der Waals surface area contributed by atoms with Crippen LogP contribution in [0.15, 0.2) is 0 Å². The number of methoxy groups -OCH3 is 1. The van der Waals surface area contributed by atoms with Crippen molar-refractivity contribution in [3.05, 3.63) is 0 Å². The molecule has 0 heterocycles. The Balaban J connectivity index is 5.85. The molecule has 17 heavy (non-hydrogen) atoms. The maximum Gasteiger partial charge on any atom is 0.343 e. The Kier molecular flexibility index (Phi) is 4.65. The van der Waals surface area contributed by atoms with Gasteiger partial charge < -0.3 is 4.74 Å². The predicted molar refractivity (Wildman–Crippen MR) is 56.1 cm³/mol. The maximum atomic E-state index is 14.0. The quantitative estimate of drug-likeness (QED) is 0.555. The maximum absolute atomic E-state index is 14.0. The highest BCUT2D eigenvalue weighted by atomic mass is 32.3. The zero-order valence-electron chi connectivity index (χ0n) is 9.38. The van der Waals surface area contributed by atoms with Gasteiger partial charge in [0.1, 0.15) is 6.42 Å². The molecular formula is C7H13FO7S2. The van der Waals surface area contributed by atoms with Gasteiger partial charge in [-0.15, -0.1) is 0 Å². The Labute approximate surface area is 98.6 Å². The van der Waals surface area contributed by atoms with Gasteiger partial charge in [-0.1, -0.05) is 0 Å². The van der Waals surface area contributed by atoms with Crippen molar-refractivity contribution in [1.82, 2.24) is 0 Å². The van der Waals surface area contributed by atoms with Crippen LogP contribution < -0.4 is 0 Å². The van der Waals surface area contributed by atoms with Gasteiger partial charge in [0.05, 0.1) is 12.4 Å². The third-order valence-corrected chi connectivity index (χ3v) is 6.49. The normalized spacial score (nSPS) is 16.6. The van der Waals surface area contributed by atoms with E-state index < -0.39 is 41.9 Å². The van der Waals surface area contributed by atoms with E-state index >= 15 is 0 Å². The molecule has 0 aliphatic carbocycles. The SMILES string of the molecule is COC(=O)CC(F)(S(=O)(=O)O)S(=O)(=O)C(C)C. The van der Waals surface area contributed by atoms with Crippen molar-refractivity contribution in [2.24, 2.45) is 0 Å². The van der Waals surface area contributed by atoms with Crippen LogP contribution in [0.4, 0.5) is 4.39 Å². The van der Waals surface area contributed by atoms with E-state index in [2.05, 4.69) is 4.74 Å². The van der Waals surface area contributed by atoms with Gasteiger partial charge in [-0.2, -0.15) is 8.42 Å². The number of alkyl halides is 1. The Morgan fingerprint density at radius 3 is 2.00 bits per heavy atom. The molecular weight excluding hydrogens is 279 g/mol. The highest BCUT2D eigenvalue weighted by Crippen LogP contribution is 2.33. The summed E-state index contributed by atoms with van der Waals surface area (Å²) < 4.78 is 67.4. The van der Waals surface area contributed by atoms with Gasteiger partial charge in [0, 0.05) is 0 Å². The molecule has 0 fully saturated rings. The largest absolute Gasteiger partial charge is 0.469 e. The smallest absolute Gasteiger partial charge is 0.343 e. The van der Waals surface area contributed by atoms with Crippen LogP contribution in [0.25, 0.3) is 0 Å². The fourth-order valence-corrected chi connectivity index (χ4v) is 4.01. The van der Waals surface area contributed by atoms with Crippen LogP contribution in [0.5, 0.6) is 0 Å². The van der Waals surface area contributed by atoms with Gasteiger partial charge in [-0.3, -0.25) is 9.35 Å².